The number of nitrogen functional groups attached to an aromatic ring is 1. The van der Waals surface area contributed by atoms with E-state index in [0.717, 1.165) is 25.7 Å². The van der Waals surface area contributed by atoms with Crippen LogP contribution in [0.25, 0.3) is 0 Å². The summed E-state index contributed by atoms with van der Waals surface area (Å²) in [4.78, 5) is 8.16. The molecule has 0 amide bonds. The summed E-state index contributed by atoms with van der Waals surface area (Å²) in [6.45, 7) is 0. The molecule has 2 unspecified atom stereocenters. The van der Waals surface area contributed by atoms with Gasteiger partial charge in [-0.3, -0.25) is 0 Å². The van der Waals surface area contributed by atoms with Gasteiger partial charge in [0.1, 0.15) is 5.82 Å². The average molecular weight is 222 g/mol. The van der Waals surface area contributed by atoms with Crippen molar-refractivity contribution in [3.05, 3.63) is 12.3 Å². The van der Waals surface area contributed by atoms with Crippen LogP contribution in [0.5, 0.6) is 0 Å². The smallest absolute Gasteiger partial charge is 0.224 e. The van der Waals surface area contributed by atoms with E-state index in [2.05, 4.69) is 15.3 Å². The van der Waals surface area contributed by atoms with Crippen LogP contribution in [0.15, 0.2) is 12.3 Å². The lowest BCUT2D eigenvalue weighted by molar-refractivity contribution is 0.144. The molecule has 5 nitrogen and oxygen atoms in total. The molecule has 16 heavy (non-hydrogen) atoms. The molecular formula is C11H18N4O. The first-order chi connectivity index (χ1) is 7.75. The molecule has 1 fully saturated rings. The van der Waals surface area contributed by atoms with E-state index in [1.807, 2.05) is 0 Å². The Kier molecular flexibility index (Phi) is 3.56. The third kappa shape index (κ3) is 2.82. The number of anilines is 2. The Morgan fingerprint density at radius 3 is 2.94 bits per heavy atom. The largest absolute Gasteiger partial charge is 0.391 e. The summed E-state index contributed by atoms with van der Waals surface area (Å²) < 4.78 is 0. The van der Waals surface area contributed by atoms with Crippen molar-refractivity contribution < 1.29 is 5.11 Å². The van der Waals surface area contributed by atoms with E-state index < -0.39 is 0 Å². The molecule has 88 valence electrons. The normalized spacial score (nSPS) is 26.1. The van der Waals surface area contributed by atoms with Crippen LogP contribution in [0.3, 0.4) is 0 Å². The van der Waals surface area contributed by atoms with Crippen LogP contribution in [0.4, 0.5) is 11.8 Å². The van der Waals surface area contributed by atoms with Gasteiger partial charge in [0.15, 0.2) is 0 Å². The zero-order chi connectivity index (χ0) is 11.4. The minimum atomic E-state index is -0.312. The predicted octanol–water partition coefficient (Wildman–Crippen LogP) is 1.16. The second-order valence-electron chi connectivity index (χ2n) is 4.26. The van der Waals surface area contributed by atoms with Crippen molar-refractivity contribution in [1.82, 2.24) is 9.97 Å². The van der Waals surface area contributed by atoms with Crippen LogP contribution in [0.2, 0.25) is 0 Å². The molecule has 4 N–H and O–H groups in total. The Morgan fingerprint density at radius 1 is 1.31 bits per heavy atom. The highest BCUT2D eigenvalue weighted by Gasteiger charge is 2.21. The van der Waals surface area contributed by atoms with Crippen molar-refractivity contribution in [2.45, 2.75) is 44.2 Å². The second-order valence-corrected chi connectivity index (χ2v) is 4.26. The van der Waals surface area contributed by atoms with Crippen LogP contribution < -0.4 is 11.1 Å². The summed E-state index contributed by atoms with van der Waals surface area (Å²) in [7, 11) is 0. The summed E-state index contributed by atoms with van der Waals surface area (Å²) in [6.07, 6.45) is 6.53. The molecule has 1 aliphatic carbocycles. The summed E-state index contributed by atoms with van der Waals surface area (Å²) in [5, 5.41) is 13.1. The first-order valence-electron chi connectivity index (χ1n) is 5.79. The number of aromatic nitrogens is 2. The topological polar surface area (TPSA) is 84.1 Å². The van der Waals surface area contributed by atoms with Gasteiger partial charge in [0.2, 0.25) is 5.95 Å². The van der Waals surface area contributed by atoms with Gasteiger partial charge < -0.3 is 16.2 Å². The molecule has 5 heteroatoms. The highest BCUT2D eigenvalue weighted by molar-refractivity contribution is 5.35. The predicted molar refractivity (Wildman–Crippen MR) is 62.9 cm³/mol. The van der Waals surface area contributed by atoms with Gasteiger partial charge in [-0.05, 0) is 18.9 Å². The number of nitrogens with zero attached hydrogens (tertiary/aromatic N) is 2. The Labute approximate surface area is 95.1 Å². The number of aliphatic hydroxyl groups excluding tert-OH is 1. The summed E-state index contributed by atoms with van der Waals surface area (Å²) in [6, 6.07) is 1.69. The quantitative estimate of drug-likeness (QED) is 0.654. The number of rotatable bonds is 2. The lowest BCUT2D eigenvalue weighted by atomic mass is 10.1. The minimum Gasteiger partial charge on any atom is -0.391 e. The number of nitrogens with two attached hydrogens (primary N) is 1. The fraction of sp³-hybridized carbons (Fsp3) is 0.636. The third-order valence-electron chi connectivity index (χ3n) is 2.97. The van der Waals surface area contributed by atoms with Crippen LogP contribution >= 0.6 is 0 Å². The lowest BCUT2D eigenvalue weighted by Crippen LogP contribution is -2.33. The maximum absolute atomic E-state index is 9.93. The summed E-state index contributed by atoms with van der Waals surface area (Å²) >= 11 is 0. The van der Waals surface area contributed by atoms with Crippen LogP contribution in [0.1, 0.15) is 32.1 Å². The average Bonchev–Trinajstić information content (AvgIpc) is 2.45. The van der Waals surface area contributed by atoms with E-state index in [4.69, 9.17) is 5.73 Å². The monoisotopic (exact) mass is 222 g/mol. The van der Waals surface area contributed by atoms with Crippen molar-refractivity contribution in [3.63, 3.8) is 0 Å². The van der Waals surface area contributed by atoms with Gasteiger partial charge in [0.25, 0.3) is 0 Å². The van der Waals surface area contributed by atoms with Crippen molar-refractivity contribution >= 4 is 11.8 Å². The maximum atomic E-state index is 9.93. The molecule has 1 heterocycles. The van der Waals surface area contributed by atoms with Crippen molar-refractivity contribution in [2.24, 2.45) is 0 Å². The Balaban J connectivity index is 2.02. The van der Waals surface area contributed by atoms with Gasteiger partial charge in [-0.1, -0.05) is 19.3 Å². The van der Waals surface area contributed by atoms with E-state index >= 15 is 0 Å². The minimum absolute atomic E-state index is 0.0456. The molecule has 1 aliphatic rings. The van der Waals surface area contributed by atoms with E-state index in [1.54, 1.807) is 12.3 Å². The van der Waals surface area contributed by atoms with Crippen LogP contribution in [-0.4, -0.2) is 27.2 Å². The van der Waals surface area contributed by atoms with Gasteiger partial charge >= 0.3 is 0 Å². The molecule has 0 radical (unpaired) electrons. The number of aliphatic hydroxyl groups is 1. The van der Waals surface area contributed by atoms with E-state index in [9.17, 15) is 5.11 Å². The lowest BCUT2D eigenvalue weighted by Gasteiger charge is -2.21. The first-order valence-corrected chi connectivity index (χ1v) is 5.79. The van der Waals surface area contributed by atoms with Crippen molar-refractivity contribution in [1.29, 1.82) is 0 Å². The molecule has 0 aliphatic heterocycles. The fourth-order valence-electron chi connectivity index (χ4n) is 2.06. The van der Waals surface area contributed by atoms with Gasteiger partial charge in [-0.15, -0.1) is 0 Å². The van der Waals surface area contributed by atoms with Crippen molar-refractivity contribution in [3.8, 4) is 0 Å². The molecular weight excluding hydrogens is 204 g/mol. The van der Waals surface area contributed by atoms with Gasteiger partial charge in [-0.2, -0.15) is 4.98 Å². The zero-order valence-electron chi connectivity index (χ0n) is 9.26. The molecule has 2 atom stereocenters. The highest BCUT2D eigenvalue weighted by atomic mass is 16.3. The van der Waals surface area contributed by atoms with Crippen LogP contribution in [0, 0.1) is 0 Å². The third-order valence-corrected chi connectivity index (χ3v) is 2.97. The second kappa shape index (κ2) is 5.12. The SMILES string of the molecule is Nc1ccnc(NC2CCCCCC2O)n1. The molecule has 0 aromatic carbocycles. The number of hydrogen-bond donors (Lipinski definition) is 3. The standard InChI is InChI=1S/C11H18N4O/c12-10-6-7-13-11(15-10)14-8-4-2-1-3-5-9(8)16/h6-9,16H,1-5H2,(H3,12,13,14,15). The van der Waals surface area contributed by atoms with E-state index in [0.29, 0.717) is 11.8 Å². The van der Waals surface area contributed by atoms with E-state index in [-0.39, 0.29) is 12.1 Å². The zero-order valence-corrected chi connectivity index (χ0v) is 9.26. The molecule has 1 aromatic heterocycles. The van der Waals surface area contributed by atoms with Crippen molar-refractivity contribution in [2.75, 3.05) is 11.1 Å². The van der Waals surface area contributed by atoms with Gasteiger partial charge in [0, 0.05) is 6.20 Å². The Bertz CT molecular complexity index is 345. The maximum Gasteiger partial charge on any atom is 0.224 e. The first kappa shape index (κ1) is 11.1. The Morgan fingerprint density at radius 2 is 2.12 bits per heavy atom. The Hall–Kier alpha value is -1.36. The van der Waals surface area contributed by atoms with Gasteiger partial charge in [0.05, 0.1) is 12.1 Å². The van der Waals surface area contributed by atoms with E-state index in [1.165, 1.54) is 6.42 Å². The highest BCUT2D eigenvalue weighted by Crippen LogP contribution is 2.20. The fourth-order valence-corrected chi connectivity index (χ4v) is 2.06. The number of hydrogen-bond acceptors (Lipinski definition) is 5. The number of nitrogens with one attached hydrogen (secondary N) is 1. The summed E-state index contributed by atoms with van der Waals surface area (Å²) in [5.74, 6) is 0.951. The molecule has 2 rings (SSSR count). The molecule has 1 saturated carbocycles. The van der Waals surface area contributed by atoms with Crippen LogP contribution in [-0.2, 0) is 0 Å². The summed E-state index contributed by atoms with van der Waals surface area (Å²) in [5.41, 5.74) is 5.58. The molecule has 1 aromatic rings. The van der Waals surface area contributed by atoms with Gasteiger partial charge in [-0.25, -0.2) is 4.98 Å². The molecule has 0 spiro atoms. The molecule has 0 bridgehead atoms. The molecule has 0 saturated heterocycles.